The van der Waals surface area contributed by atoms with Crippen LogP contribution in [0.5, 0.6) is 11.5 Å². The highest BCUT2D eigenvalue weighted by atomic mass is 16.6. The van der Waals surface area contributed by atoms with E-state index in [9.17, 15) is 14.7 Å². The molecule has 0 unspecified atom stereocenters. The highest BCUT2D eigenvalue weighted by Crippen LogP contribution is 2.33. The van der Waals surface area contributed by atoms with Gasteiger partial charge in [0.25, 0.3) is 0 Å². The molecule has 206 valence electrons. The molecule has 2 N–H and O–H groups in total. The molecular formula is C31H42N2O5. The molecule has 4 rings (SSSR count). The lowest BCUT2D eigenvalue weighted by molar-refractivity contribution is -0.123. The second-order valence-corrected chi connectivity index (χ2v) is 11.5. The number of benzene rings is 2. The monoisotopic (exact) mass is 522 g/mol. The predicted molar refractivity (Wildman–Crippen MR) is 148 cm³/mol. The molecular weight excluding hydrogens is 480 g/mol. The van der Waals surface area contributed by atoms with Crippen LogP contribution in [0, 0.1) is 0 Å². The minimum absolute atomic E-state index is 0.0528. The zero-order valence-electron chi connectivity index (χ0n) is 23.0. The van der Waals surface area contributed by atoms with Gasteiger partial charge in [-0.1, -0.05) is 51.1 Å². The Kier molecular flexibility index (Phi) is 9.44. The van der Waals surface area contributed by atoms with Gasteiger partial charge >= 0.3 is 0 Å². The van der Waals surface area contributed by atoms with Crippen LogP contribution < -0.4 is 14.8 Å². The molecule has 1 amide bonds. The summed E-state index contributed by atoms with van der Waals surface area (Å²) in [5, 5.41) is 14.3. The molecule has 0 radical (unpaired) electrons. The van der Waals surface area contributed by atoms with Crippen LogP contribution in [0.2, 0.25) is 0 Å². The van der Waals surface area contributed by atoms with Crippen LogP contribution in [-0.4, -0.2) is 60.6 Å². The summed E-state index contributed by atoms with van der Waals surface area (Å²) in [6, 6.07) is 12.9. The van der Waals surface area contributed by atoms with Crippen molar-refractivity contribution in [2.24, 2.45) is 0 Å². The highest BCUT2D eigenvalue weighted by Gasteiger charge is 2.28. The zero-order chi connectivity index (χ0) is 27.1. The predicted octanol–water partition coefficient (Wildman–Crippen LogP) is 4.81. The Morgan fingerprint density at radius 3 is 2.29 bits per heavy atom. The molecule has 0 aromatic heterocycles. The minimum Gasteiger partial charge on any atom is -0.486 e. The maximum absolute atomic E-state index is 12.9. The van der Waals surface area contributed by atoms with E-state index in [0.717, 1.165) is 31.5 Å². The summed E-state index contributed by atoms with van der Waals surface area (Å²) in [6.07, 6.45) is 3.40. The van der Waals surface area contributed by atoms with Crippen molar-refractivity contribution in [3.05, 3.63) is 59.2 Å². The van der Waals surface area contributed by atoms with Crippen LogP contribution in [0.15, 0.2) is 42.5 Å². The molecule has 2 aromatic rings. The first kappa shape index (κ1) is 28.1. The highest BCUT2D eigenvalue weighted by molar-refractivity contribution is 5.96. The van der Waals surface area contributed by atoms with Crippen LogP contribution in [0.4, 0.5) is 0 Å². The van der Waals surface area contributed by atoms with Gasteiger partial charge in [-0.15, -0.1) is 0 Å². The maximum Gasteiger partial charge on any atom is 0.220 e. The number of hydrogen-bond acceptors (Lipinski definition) is 6. The number of amides is 1. The maximum atomic E-state index is 12.9. The normalized spacial score (nSPS) is 17.2. The Hall–Kier alpha value is -2.90. The number of aliphatic hydroxyl groups excluding tert-OH is 1. The van der Waals surface area contributed by atoms with Crippen molar-refractivity contribution in [1.29, 1.82) is 0 Å². The summed E-state index contributed by atoms with van der Waals surface area (Å²) in [4.78, 5) is 27.8. The standard InChI is InChI=1S/C31H42N2O5/c1-31(2,3)24-13-10-22(11-14-24)26(34)8-4-5-9-29(35)32-25(21-33-16-6-7-17-33)30(36)23-12-15-27-28(20-23)38-19-18-37-27/h10-15,20,25,30,36H,4-9,16-19,21H2,1-3H3,(H,32,35)/t25-,30-/m1/s1. The second kappa shape index (κ2) is 12.8. The number of Topliss-reactive ketones (excluding diaryl/α,β-unsaturated/α-hetero) is 1. The first-order chi connectivity index (χ1) is 18.2. The van der Waals surface area contributed by atoms with Crippen molar-refractivity contribution in [2.45, 2.75) is 76.9 Å². The van der Waals surface area contributed by atoms with Crippen molar-refractivity contribution in [2.75, 3.05) is 32.8 Å². The van der Waals surface area contributed by atoms with Crippen LogP contribution >= 0.6 is 0 Å². The molecule has 2 aliphatic heterocycles. The van der Waals surface area contributed by atoms with Crippen molar-refractivity contribution < 1.29 is 24.2 Å². The Balaban J connectivity index is 1.29. The third-order valence-electron chi connectivity index (χ3n) is 7.42. The molecule has 2 heterocycles. The van der Waals surface area contributed by atoms with Gasteiger partial charge in [-0.2, -0.15) is 0 Å². The van der Waals surface area contributed by atoms with E-state index in [2.05, 4.69) is 31.0 Å². The molecule has 2 aliphatic rings. The summed E-state index contributed by atoms with van der Waals surface area (Å²) < 4.78 is 11.3. The molecule has 0 bridgehead atoms. The number of carbonyl (C=O) groups excluding carboxylic acids is 2. The SMILES string of the molecule is CC(C)(C)c1ccc(C(=O)CCCCC(=O)N[C@H](CN2CCCC2)[C@H](O)c2ccc3c(c2)OCCO3)cc1. The minimum atomic E-state index is -0.868. The van der Waals surface area contributed by atoms with Gasteiger partial charge < -0.3 is 24.8 Å². The Bertz CT molecular complexity index is 1090. The molecule has 0 aliphatic carbocycles. The van der Waals surface area contributed by atoms with Crippen molar-refractivity contribution in [3.63, 3.8) is 0 Å². The fraction of sp³-hybridized carbons (Fsp3) is 0.548. The van der Waals surface area contributed by atoms with Crippen molar-refractivity contribution in [1.82, 2.24) is 10.2 Å². The average molecular weight is 523 g/mol. The van der Waals surface area contributed by atoms with Gasteiger partial charge in [0, 0.05) is 24.9 Å². The molecule has 38 heavy (non-hydrogen) atoms. The van der Waals surface area contributed by atoms with Gasteiger partial charge in [0.1, 0.15) is 19.3 Å². The lowest BCUT2D eigenvalue weighted by atomic mass is 9.86. The van der Waals surface area contributed by atoms with E-state index < -0.39 is 12.1 Å². The quantitative estimate of drug-likeness (QED) is 0.325. The number of unbranched alkanes of at least 4 members (excludes halogenated alkanes) is 1. The number of rotatable bonds is 11. The molecule has 1 saturated heterocycles. The smallest absolute Gasteiger partial charge is 0.220 e. The third kappa shape index (κ3) is 7.58. The van der Waals surface area contributed by atoms with E-state index in [0.29, 0.717) is 62.5 Å². The van der Waals surface area contributed by atoms with Gasteiger partial charge in [-0.25, -0.2) is 0 Å². The largest absolute Gasteiger partial charge is 0.486 e. The van der Waals surface area contributed by atoms with Crippen LogP contribution in [0.1, 0.15) is 86.9 Å². The number of fused-ring (bicyclic) bond motifs is 1. The first-order valence-corrected chi connectivity index (χ1v) is 13.9. The fourth-order valence-corrected chi connectivity index (χ4v) is 5.09. The fourth-order valence-electron chi connectivity index (χ4n) is 5.09. The number of ether oxygens (including phenoxy) is 2. The topological polar surface area (TPSA) is 88.1 Å². The Morgan fingerprint density at radius 1 is 0.947 bits per heavy atom. The van der Waals surface area contributed by atoms with Crippen LogP contribution in [-0.2, 0) is 10.2 Å². The van der Waals surface area contributed by atoms with Gasteiger partial charge in [-0.05, 0) is 67.4 Å². The number of likely N-dealkylation sites (tertiary alicyclic amines) is 1. The van der Waals surface area contributed by atoms with E-state index >= 15 is 0 Å². The summed E-state index contributed by atoms with van der Waals surface area (Å²) in [5.41, 5.74) is 2.67. The van der Waals surface area contributed by atoms with Crippen molar-refractivity contribution in [3.8, 4) is 11.5 Å². The molecule has 2 atom stereocenters. The lowest BCUT2D eigenvalue weighted by Crippen LogP contribution is -2.46. The van der Waals surface area contributed by atoms with Gasteiger partial charge in [-0.3, -0.25) is 9.59 Å². The second-order valence-electron chi connectivity index (χ2n) is 11.5. The summed E-state index contributed by atoms with van der Waals surface area (Å²) in [6.45, 7) is 9.98. The van der Waals surface area contributed by atoms with Crippen LogP contribution in [0.25, 0.3) is 0 Å². The number of nitrogens with zero attached hydrogens (tertiary/aromatic N) is 1. The molecule has 0 saturated carbocycles. The van der Waals surface area contributed by atoms with Gasteiger partial charge in [0.2, 0.25) is 5.91 Å². The number of nitrogens with one attached hydrogen (secondary N) is 1. The summed E-state index contributed by atoms with van der Waals surface area (Å²) >= 11 is 0. The number of ketones is 1. The number of hydrogen-bond donors (Lipinski definition) is 2. The molecule has 2 aromatic carbocycles. The van der Waals surface area contributed by atoms with Crippen molar-refractivity contribution >= 4 is 11.7 Å². The van der Waals surface area contributed by atoms with Gasteiger partial charge in [0.15, 0.2) is 17.3 Å². The van der Waals surface area contributed by atoms with E-state index in [1.165, 1.54) is 5.56 Å². The third-order valence-corrected chi connectivity index (χ3v) is 7.42. The summed E-state index contributed by atoms with van der Waals surface area (Å²) in [5.74, 6) is 1.29. The van der Waals surface area contributed by atoms with E-state index in [-0.39, 0.29) is 17.1 Å². The number of aliphatic hydroxyl groups is 1. The van der Waals surface area contributed by atoms with Gasteiger partial charge in [0.05, 0.1) is 6.04 Å². The lowest BCUT2D eigenvalue weighted by Gasteiger charge is -2.29. The summed E-state index contributed by atoms with van der Waals surface area (Å²) in [7, 11) is 0. The Morgan fingerprint density at radius 2 is 1.61 bits per heavy atom. The first-order valence-electron chi connectivity index (χ1n) is 13.9. The zero-order valence-corrected chi connectivity index (χ0v) is 23.0. The van der Waals surface area contributed by atoms with E-state index in [4.69, 9.17) is 9.47 Å². The number of carbonyl (C=O) groups is 2. The van der Waals surface area contributed by atoms with Crippen LogP contribution in [0.3, 0.4) is 0 Å². The van der Waals surface area contributed by atoms with E-state index in [1.54, 1.807) is 0 Å². The molecule has 7 heteroatoms. The molecule has 1 fully saturated rings. The average Bonchev–Trinajstić information content (AvgIpc) is 3.42. The molecule has 0 spiro atoms. The van der Waals surface area contributed by atoms with E-state index in [1.807, 2.05) is 42.5 Å². The Labute approximate surface area is 226 Å². The molecule has 7 nitrogen and oxygen atoms in total.